The Morgan fingerprint density at radius 3 is 2.61 bits per heavy atom. The molecule has 2 N–H and O–H groups in total. The van der Waals surface area contributed by atoms with Gasteiger partial charge in [0.05, 0.1) is 0 Å². The van der Waals surface area contributed by atoms with Crippen LogP contribution in [0.5, 0.6) is 0 Å². The predicted octanol–water partition coefficient (Wildman–Crippen LogP) is 2.86. The fraction of sp³-hybridized carbons (Fsp3) is 0.600. The molecule has 1 aromatic rings. The maximum absolute atomic E-state index is 13.6. The van der Waals surface area contributed by atoms with Gasteiger partial charge < -0.3 is 5.73 Å². The van der Waals surface area contributed by atoms with E-state index in [2.05, 4.69) is 18.9 Å². The van der Waals surface area contributed by atoms with Crippen LogP contribution in [0.25, 0.3) is 0 Å². The minimum atomic E-state index is -0.122. The summed E-state index contributed by atoms with van der Waals surface area (Å²) in [4.78, 5) is 2.29. The Labute approximate surface area is 109 Å². The number of hydrogen-bond acceptors (Lipinski definition) is 2. The van der Waals surface area contributed by atoms with Gasteiger partial charge in [0.15, 0.2) is 0 Å². The molecule has 1 saturated carbocycles. The Hall–Kier alpha value is -0.930. The lowest BCUT2D eigenvalue weighted by Crippen LogP contribution is -2.41. The van der Waals surface area contributed by atoms with Gasteiger partial charge in [0, 0.05) is 18.6 Å². The van der Waals surface area contributed by atoms with Gasteiger partial charge in [0.25, 0.3) is 0 Å². The van der Waals surface area contributed by atoms with Crippen molar-refractivity contribution in [1.29, 1.82) is 0 Å². The van der Waals surface area contributed by atoms with Gasteiger partial charge in [-0.15, -0.1) is 0 Å². The molecule has 2 rings (SSSR count). The minimum Gasteiger partial charge on any atom is -0.329 e. The van der Waals surface area contributed by atoms with Crippen LogP contribution < -0.4 is 5.73 Å². The van der Waals surface area contributed by atoms with Gasteiger partial charge in [-0.3, -0.25) is 4.90 Å². The summed E-state index contributed by atoms with van der Waals surface area (Å²) in [7, 11) is 2.10. The highest BCUT2D eigenvalue weighted by Gasteiger charge is 2.34. The van der Waals surface area contributed by atoms with Crippen molar-refractivity contribution in [3.05, 3.63) is 35.1 Å². The number of aryl methyl sites for hydroxylation is 1. The predicted molar refractivity (Wildman–Crippen MR) is 72.9 cm³/mol. The summed E-state index contributed by atoms with van der Waals surface area (Å²) in [5.41, 5.74) is 7.60. The van der Waals surface area contributed by atoms with Crippen LogP contribution in [0.1, 0.15) is 36.9 Å². The maximum atomic E-state index is 13.6. The van der Waals surface area contributed by atoms with E-state index in [1.807, 2.05) is 12.1 Å². The Bertz CT molecular complexity index is 415. The highest BCUT2D eigenvalue weighted by Crippen LogP contribution is 2.37. The van der Waals surface area contributed by atoms with Crippen molar-refractivity contribution in [2.45, 2.75) is 38.8 Å². The monoisotopic (exact) mass is 250 g/mol. The zero-order valence-corrected chi connectivity index (χ0v) is 11.5. The molecule has 2 atom stereocenters. The normalized spacial score (nSPS) is 19.0. The minimum absolute atomic E-state index is 0.122. The molecule has 0 bridgehead atoms. The number of benzene rings is 1. The van der Waals surface area contributed by atoms with E-state index in [-0.39, 0.29) is 11.9 Å². The molecule has 0 radical (unpaired) electrons. The maximum Gasteiger partial charge on any atom is 0.126 e. The lowest BCUT2D eigenvalue weighted by Gasteiger charge is -2.33. The first-order valence-electron chi connectivity index (χ1n) is 6.72. The first kappa shape index (κ1) is 13.5. The molecule has 1 aromatic carbocycles. The highest BCUT2D eigenvalue weighted by molar-refractivity contribution is 5.25. The van der Waals surface area contributed by atoms with Crippen LogP contribution in [0.3, 0.4) is 0 Å². The molecule has 1 aliphatic rings. The van der Waals surface area contributed by atoms with E-state index >= 15 is 0 Å². The standard InChI is InChI=1S/C15H23FN2/c1-10-4-5-13(8-14(10)16)11(2)18(3)15(9-17)12-6-7-12/h4-5,8,11-12,15H,6-7,9,17H2,1-3H3. The van der Waals surface area contributed by atoms with E-state index in [0.717, 1.165) is 11.5 Å². The molecular formula is C15H23FN2. The van der Waals surface area contributed by atoms with Crippen LogP contribution in [0.4, 0.5) is 4.39 Å². The Kier molecular flexibility index (Phi) is 4.03. The van der Waals surface area contributed by atoms with Crippen LogP contribution in [-0.2, 0) is 0 Å². The first-order chi connectivity index (χ1) is 8.54. The molecule has 0 amide bonds. The largest absolute Gasteiger partial charge is 0.329 e. The van der Waals surface area contributed by atoms with Crippen molar-refractivity contribution in [2.75, 3.05) is 13.6 Å². The Balaban J connectivity index is 2.13. The SMILES string of the molecule is Cc1ccc(C(C)N(C)C(CN)C2CC2)cc1F. The fourth-order valence-electron chi connectivity index (χ4n) is 2.56. The number of nitrogens with zero attached hydrogens (tertiary/aromatic N) is 1. The molecule has 0 spiro atoms. The zero-order valence-electron chi connectivity index (χ0n) is 11.5. The molecule has 0 aromatic heterocycles. The molecule has 0 aliphatic heterocycles. The second-order valence-corrected chi connectivity index (χ2v) is 5.49. The average Bonchev–Trinajstić information content (AvgIpc) is 3.17. The van der Waals surface area contributed by atoms with Crippen molar-refractivity contribution in [3.8, 4) is 0 Å². The Morgan fingerprint density at radius 2 is 2.11 bits per heavy atom. The van der Waals surface area contributed by atoms with Crippen molar-refractivity contribution in [2.24, 2.45) is 11.7 Å². The lowest BCUT2D eigenvalue weighted by molar-refractivity contribution is 0.170. The first-order valence-corrected chi connectivity index (χ1v) is 6.72. The Morgan fingerprint density at radius 1 is 1.44 bits per heavy atom. The van der Waals surface area contributed by atoms with Crippen LogP contribution in [0, 0.1) is 18.7 Å². The molecule has 18 heavy (non-hydrogen) atoms. The van der Waals surface area contributed by atoms with Gasteiger partial charge >= 0.3 is 0 Å². The number of likely N-dealkylation sites (N-methyl/N-ethyl adjacent to an activating group) is 1. The topological polar surface area (TPSA) is 29.3 Å². The van der Waals surface area contributed by atoms with E-state index in [4.69, 9.17) is 5.73 Å². The third-order valence-electron chi connectivity index (χ3n) is 4.22. The van der Waals surface area contributed by atoms with E-state index in [9.17, 15) is 4.39 Å². The van der Waals surface area contributed by atoms with Gasteiger partial charge in [-0.2, -0.15) is 0 Å². The fourth-order valence-corrected chi connectivity index (χ4v) is 2.56. The zero-order chi connectivity index (χ0) is 13.3. The summed E-state index contributed by atoms with van der Waals surface area (Å²) in [6, 6.07) is 6.14. The van der Waals surface area contributed by atoms with Crippen LogP contribution in [0.15, 0.2) is 18.2 Å². The smallest absolute Gasteiger partial charge is 0.126 e. The average molecular weight is 250 g/mol. The summed E-state index contributed by atoms with van der Waals surface area (Å²) in [6.07, 6.45) is 2.56. The number of hydrogen-bond donors (Lipinski definition) is 1. The van der Waals surface area contributed by atoms with E-state index in [0.29, 0.717) is 18.2 Å². The lowest BCUT2D eigenvalue weighted by atomic mass is 10.0. The van der Waals surface area contributed by atoms with E-state index in [1.54, 1.807) is 13.0 Å². The van der Waals surface area contributed by atoms with Crippen molar-refractivity contribution in [3.63, 3.8) is 0 Å². The third kappa shape index (κ3) is 2.73. The van der Waals surface area contributed by atoms with Gasteiger partial charge in [-0.1, -0.05) is 12.1 Å². The number of nitrogens with two attached hydrogens (primary N) is 1. The van der Waals surface area contributed by atoms with Crippen molar-refractivity contribution < 1.29 is 4.39 Å². The third-order valence-corrected chi connectivity index (χ3v) is 4.22. The summed E-state index contributed by atoms with van der Waals surface area (Å²) in [5.74, 6) is 0.612. The molecule has 0 heterocycles. The molecule has 2 nitrogen and oxygen atoms in total. The molecule has 1 fully saturated rings. The second-order valence-electron chi connectivity index (χ2n) is 5.49. The van der Waals surface area contributed by atoms with Crippen LogP contribution >= 0.6 is 0 Å². The molecule has 100 valence electrons. The molecule has 2 unspecified atom stereocenters. The second kappa shape index (κ2) is 5.37. The highest BCUT2D eigenvalue weighted by atomic mass is 19.1. The molecular weight excluding hydrogens is 227 g/mol. The summed E-state index contributed by atoms with van der Waals surface area (Å²) < 4.78 is 13.6. The van der Waals surface area contributed by atoms with Gasteiger partial charge in [-0.25, -0.2) is 4.39 Å². The molecule has 3 heteroatoms. The molecule has 0 saturated heterocycles. The van der Waals surface area contributed by atoms with Gasteiger partial charge in [0.1, 0.15) is 5.82 Å². The van der Waals surface area contributed by atoms with Crippen molar-refractivity contribution >= 4 is 0 Å². The number of halogens is 1. The quantitative estimate of drug-likeness (QED) is 0.870. The summed E-state index contributed by atoms with van der Waals surface area (Å²) in [5, 5.41) is 0. The molecule has 1 aliphatic carbocycles. The number of rotatable bonds is 5. The van der Waals surface area contributed by atoms with Gasteiger partial charge in [-0.05, 0) is 56.8 Å². The van der Waals surface area contributed by atoms with E-state index < -0.39 is 0 Å². The van der Waals surface area contributed by atoms with Gasteiger partial charge in [0.2, 0.25) is 0 Å². The van der Waals surface area contributed by atoms with E-state index in [1.165, 1.54) is 12.8 Å². The summed E-state index contributed by atoms with van der Waals surface area (Å²) >= 11 is 0. The van der Waals surface area contributed by atoms with Crippen LogP contribution in [-0.4, -0.2) is 24.5 Å². The van der Waals surface area contributed by atoms with Crippen LogP contribution in [0.2, 0.25) is 0 Å². The van der Waals surface area contributed by atoms with Crippen molar-refractivity contribution in [1.82, 2.24) is 4.90 Å². The summed E-state index contributed by atoms with van der Waals surface area (Å²) in [6.45, 7) is 4.59.